The van der Waals surface area contributed by atoms with Gasteiger partial charge < -0.3 is 0 Å². The van der Waals surface area contributed by atoms with Crippen LogP contribution in [0.5, 0.6) is 0 Å². The Balaban J connectivity index is 1.27. The number of hydrogen-bond donors (Lipinski definition) is 0. The smallest absolute Gasteiger partial charge is 0.0178 e. The Labute approximate surface area is 213 Å². The van der Waals surface area contributed by atoms with Crippen LogP contribution in [0.1, 0.15) is 0 Å². The van der Waals surface area contributed by atoms with Crippen molar-refractivity contribution in [3.63, 3.8) is 0 Å². The van der Waals surface area contributed by atoms with E-state index < -0.39 is 0 Å². The van der Waals surface area contributed by atoms with Gasteiger partial charge in [-0.3, -0.25) is 0 Å². The standard InChI is InChI=1S/C36H26/c1-3-9-27(10-4-1)29-17-21-31(22-18-29)33-13-7-15-35(25-33)36-16-8-14-34(26-36)32-23-19-30(20-24-32)28-11-5-2-6-12-28/h1-26H. The van der Waals surface area contributed by atoms with Crippen LogP contribution >= 0.6 is 0 Å². The molecule has 0 unspecified atom stereocenters. The fraction of sp³-hybridized carbons (Fsp3) is 0. The average molecular weight is 459 g/mol. The van der Waals surface area contributed by atoms with Crippen molar-refractivity contribution in [2.45, 2.75) is 0 Å². The van der Waals surface area contributed by atoms with Gasteiger partial charge in [-0.05, 0) is 67.8 Å². The van der Waals surface area contributed by atoms with E-state index in [0.29, 0.717) is 0 Å². The van der Waals surface area contributed by atoms with Crippen molar-refractivity contribution in [3.05, 3.63) is 158 Å². The number of rotatable bonds is 5. The Bertz CT molecular complexity index is 1450. The zero-order chi connectivity index (χ0) is 24.2. The SMILES string of the molecule is c1ccc(-c2ccc(-c3cccc(-c4cccc(-c5ccc(-c6ccccc6)cc5)c4)c3)cc2)cc1. The fourth-order valence-corrected chi connectivity index (χ4v) is 4.73. The molecule has 0 atom stereocenters. The molecular weight excluding hydrogens is 432 g/mol. The van der Waals surface area contributed by atoms with Gasteiger partial charge in [0.05, 0.1) is 0 Å². The summed E-state index contributed by atoms with van der Waals surface area (Å²) in [5.74, 6) is 0. The maximum atomic E-state index is 2.29. The number of hydrogen-bond acceptors (Lipinski definition) is 0. The van der Waals surface area contributed by atoms with Gasteiger partial charge in [0.25, 0.3) is 0 Å². The zero-order valence-electron chi connectivity index (χ0n) is 20.0. The van der Waals surface area contributed by atoms with Crippen molar-refractivity contribution >= 4 is 0 Å². The molecule has 36 heavy (non-hydrogen) atoms. The van der Waals surface area contributed by atoms with E-state index in [2.05, 4.69) is 158 Å². The third kappa shape index (κ3) is 4.62. The van der Waals surface area contributed by atoms with Crippen molar-refractivity contribution in [2.24, 2.45) is 0 Å². The summed E-state index contributed by atoms with van der Waals surface area (Å²) in [5, 5.41) is 0. The van der Waals surface area contributed by atoms with Gasteiger partial charge in [-0.25, -0.2) is 0 Å². The topological polar surface area (TPSA) is 0 Å². The first-order chi connectivity index (χ1) is 17.8. The van der Waals surface area contributed by atoms with E-state index in [1.54, 1.807) is 0 Å². The minimum absolute atomic E-state index is 1.22. The zero-order valence-corrected chi connectivity index (χ0v) is 20.0. The van der Waals surface area contributed by atoms with E-state index in [1.807, 2.05) is 0 Å². The highest BCUT2D eigenvalue weighted by atomic mass is 14.1. The second-order valence-corrected chi connectivity index (χ2v) is 9.05. The lowest BCUT2D eigenvalue weighted by atomic mass is 9.95. The lowest BCUT2D eigenvalue weighted by Crippen LogP contribution is -1.84. The van der Waals surface area contributed by atoms with E-state index in [1.165, 1.54) is 55.6 Å². The molecule has 0 amide bonds. The lowest BCUT2D eigenvalue weighted by Gasteiger charge is -2.10. The predicted octanol–water partition coefficient (Wildman–Crippen LogP) is 10.0. The fourth-order valence-electron chi connectivity index (χ4n) is 4.73. The maximum absolute atomic E-state index is 2.29. The molecule has 0 saturated carbocycles. The van der Waals surface area contributed by atoms with Crippen LogP contribution in [0.2, 0.25) is 0 Å². The molecule has 0 aromatic heterocycles. The summed E-state index contributed by atoms with van der Waals surface area (Å²) >= 11 is 0. The van der Waals surface area contributed by atoms with Gasteiger partial charge in [0.1, 0.15) is 0 Å². The highest BCUT2D eigenvalue weighted by Crippen LogP contribution is 2.31. The van der Waals surface area contributed by atoms with Crippen molar-refractivity contribution < 1.29 is 0 Å². The van der Waals surface area contributed by atoms with E-state index in [-0.39, 0.29) is 0 Å². The summed E-state index contributed by atoms with van der Waals surface area (Å²) in [6.45, 7) is 0. The first kappa shape index (κ1) is 21.8. The Morgan fingerprint density at radius 2 is 0.389 bits per heavy atom. The van der Waals surface area contributed by atoms with Gasteiger partial charge in [0, 0.05) is 0 Å². The Morgan fingerprint density at radius 1 is 0.167 bits per heavy atom. The van der Waals surface area contributed by atoms with Gasteiger partial charge in [0.15, 0.2) is 0 Å². The quantitative estimate of drug-likeness (QED) is 0.241. The Morgan fingerprint density at radius 3 is 0.722 bits per heavy atom. The molecule has 0 nitrogen and oxygen atoms in total. The number of benzene rings is 6. The molecule has 0 N–H and O–H groups in total. The molecule has 0 aliphatic rings. The molecule has 0 bridgehead atoms. The minimum atomic E-state index is 1.22. The van der Waals surface area contributed by atoms with Crippen LogP contribution in [0.25, 0.3) is 55.6 Å². The van der Waals surface area contributed by atoms with Crippen LogP contribution in [0, 0.1) is 0 Å². The van der Waals surface area contributed by atoms with E-state index in [0.717, 1.165) is 0 Å². The van der Waals surface area contributed by atoms with Gasteiger partial charge >= 0.3 is 0 Å². The van der Waals surface area contributed by atoms with Crippen molar-refractivity contribution in [3.8, 4) is 55.6 Å². The van der Waals surface area contributed by atoms with Crippen molar-refractivity contribution in [1.82, 2.24) is 0 Å². The van der Waals surface area contributed by atoms with E-state index in [4.69, 9.17) is 0 Å². The summed E-state index contributed by atoms with van der Waals surface area (Å²) in [4.78, 5) is 0. The first-order valence-corrected chi connectivity index (χ1v) is 12.4. The molecule has 6 aromatic rings. The maximum Gasteiger partial charge on any atom is -0.0178 e. The molecule has 6 rings (SSSR count). The molecule has 0 heteroatoms. The molecule has 0 saturated heterocycles. The van der Waals surface area contributed by atoms with Crippen LogP contribution < -0.4 is 0 Å². The predicted molar refractivity (Wildman–Crippen MR) is 154 cm³/mol. The minimum Gasteiger partial charge on any atom is -0.0622 e. The van der Waals surface area contributed by atoms with E-state index in [9.17, 15) is 0 Å². The molecule has 170 valence electrons. The van der Waals surface area contributed by atoms with Crippen molar-refractivity contribution in [2.75, 3.05) is 0 Å². The lowest BCUT2D eigenvalue weighted by molar-refractivity contribution is 1.56. The largest absolute Gasteiger partial charge is 0.0622 e. The van der Waals surface area contributed by atoms with Crippen LogP contribution in [0.4, 0.5) is 0 Å². The van der Waals surface area contributed by atoms with E-state index >= 15 is 0 Å². The third-order valence-corrected chi connectivity index (χ3v) is 6.71. The summed E-state index contributed by atoms with van der Waals surface area (Å²) in [7, 11) is 0. The van der Waals surface area contributed by atoms with Crippen LogP contribution in [-0.2, 0) is 0 Å². The van der Waals surface area contributed by atoms with Crippen molar-refractivity contribution in [1.29, 1.82) is 0 Å². The molecule has 0 spiro atoms. The summed E-state index contributed by atoms with van der Waals surface area (Å²) in [6.07, 6.45) is 0. The molecular formula is C36H26. The molecule has 0 radical (unpaired) electrons. The summed E-state index contributed by atoms with van der Waals surface area (Å²) in [6, 6.07) is 56.4. The third-order valence-electron chi connectivity index (χ3n) is 6.71. The van der Waals surface area contributed by atoms with Gasteiger partial charge in [-0.1, -0.05) is 146 Å². The average Bonchev–Trinajstić information content (AvgIpc) is 2.98. The normalized spacial score (nSPS) is 10.8. The molecule has 6 aromatic carbocycles. The van der Waals surface area contributed by atoms with Crippen LogP contribution in [0.3, 0.4) is 0 Å². The van der Waals surface area contributed by atoms with Gasteiger partial charge in [-0.15, -0.1) is 0 Å². The highest BCUT2D eigenvalue weighted by Gasteiger charge is 2.06. The summed E-state index contributed by atoms with van der Waals surface area (Å²) < 4.78 is 0. The van der Waals surface area contributed by atoms with Crippen LogP contribution in [-0.4, -0.2) is 0 Å². The molecule has 0 heterocycles. The summed E-state index contributed by atoms with van der Waals surface area (Å²) in [5.41, 5.74) is 12.3. The van der Waals surface area contributed by atoms with Gasteiger partial charge in [-0.2, -0.15) is 0 Å². The monoisotopic (exact) mass is 458 g/mol. The van der Waals surface area contributed by atoms with Gasteiger partial charge in [0.2, 0.25) is 0 Å². The Hall–Kier alpha value is -4.68. The van der Waals surface area contributed by atoms with Crippen LogP contribution in [0.15, 0.2) is 158 Å². The second kappa shape index (κ2) is 9.90. The molecule has 0 aliphatic heterocycles. The first-order valence-electron chi connectivity index (χ1n) is 12.4. The molecule has 0 fully saturated rings. The second-order valence-electron chi connectivity index (χ2n) is 9.05. The Kier molecular flexibility index (Phi) is 6.00. The highest BCUT2D eigenvalue weighted by molar-refractivity contribution is 5.78. The molecule has 0 aliphatic carbocycles.